The second-order valence-corrected chi connectivity index (χ2v) is 3.93. The average Bonchev–Trinajstić information content (AvgIpc) is 2.28. The van der Waals surface area contributed by atoms with E-state index < -0.39 is 0 Å². The summed E-state index contributed by atoms with van der Waals surface area (Å²) in [6.07, 6.45) is 14.5. The minimum absolute atomic E-state index is 0.00616. The Kier molecular flexibility index (Phi) is 11.2. The van der Waals surface area contributed by atoms with Gasteiger partial charge in [-0.25, -0.2) is 0 Å². The number of allylic oxidation sites excluding steroid dienone is 3. The molecule has 16 heavy (non-hydrogen) atoms. The molecule has 2 nitrogen and oxygen atoms in total. The van der Waals surface area contributed by atoms with Crippen LogP contribution in [-0.4, -0.2) is 12.5 Å². The Morgan fingerprint density at radius 3 is 2.50 bits per heavy atom. The zero-order chi connectivity index (χ0) is 12.1. The van der Waals surface area contributed by atoms with Gasteiger partial charge in [0.1, 0.15) is 0 Å². The van der Waals surface area contributed by atoms with E-state index in [1.54, 1.807) is 6.08 Å². The Labute approximate surface area is 99.8 Å². The minimum atomic E-state index is 0.00616. The van der Waals surface area contributed by atoms with Gasteiger partial charge in [0.25, 0.3) is 0 Å². The van der Waals surface area contributed by atoms with Gasteiger partial charge in [-0.1, -0.05) is 51.3 Å². The highest BCUT2D eigenvalue weighted by molar-refractivity contribution is 5.87. The van der Waals surface area contributed by atoms with Crippen LogP contribution in [0.1, 0.15) is 52.4 Å². The smallest absolute Gasteiger partial charge is 0.243 e. The van der Waals surface area contributed by atoms with Crippen LogP contribution in [0.15, 0.2) is 24.3 Å². The predicted octanol–water partition coefficient (Wildman–Crippen LogP) is 3.60. The third-order valence-corrected chi connectivity index (χ3v) is 2.30. The lowest BCUT2D eigenvalue weighted by atomic mass is 10.2. The molecule has 0 rings (SSSR count). The monoisotopic (exact) mass is 223 g/mol. The van der Waals surface area contributed by atoms with Crippen LogP contribution in [0, 0.1) is 0 Å². The Balaban J connectivity index is 3.46. The maximum Gasteiger partial charge on any atom is 0.243 e. The molecule has 92 valence electrons. The molecular formula is C14H25NO. The zero-order valence-electron chi connectivity index (χ0n) is 10.7. The third kappa shape index (κ3) is 11.0. The maximum absolute atomic E-state index is 11.2. The molecule has 0 fully saturated rings. The normalized spacial score (nSPS) is 11.4. The zero-order valence-corrected chi connectivity index (χ0v) is 10.7. The van der Waals surface area contributed by atoms with E-state index >= 15 is 0 Å². The molecule has 0 aromatic heterocycles. The van der Waals surface area contributed by atoms with Crippen molar-refractivity contribution in [3.8, 4) is 0 Å². The van der Waals surface area contributed by atoms with Gasteiger partial charge in [-0.05, 0) is 19.3 Å². The fourth-order valence-corrected chi connectivity index (χ4v) is 1.28. The molecule has 0 aromatic rings. The summed E-state index contributed by atoms with van der Waals surface area (Å²) in [5, 5.41) is 2.84. The highest BCUT2D eigenvalue weighted by Crippen LogP contribution is 1.99. The third-order valence-electron chi connectivity index (χ3n) is 2.30. The molecule has 0 heterocycles. The lowest BCUT2D eigenvalue weighted by molar-refractivity contribution is -0.116. The van der Waals surface area contributed by atoms with Crippen molar-refractivity contribution in [1.29, 1.82) is 0 Å². The van der Waals surface area contributed by atoms with Crippen LogP contribution in [0.5, 0.6) is 0 Å². The standard InChI is InChI=1S/C14H25NO/c1-3-5-7-8-9-10-11-12-14(16)15-13-6-4-2/h9-12H,3-8,13H2,1-2H3,(H,15,16)/b10-9?,12-11-. The van der Waals surface area contributed by atoms with E-state index in [1.807, 2.05) is 12.2 Å². The van der Waals surface area contributed by atoms with Crippen molar-refractivity contribution in [2.75, 3.05) is 6.54 Å². The molecule has 0 saturated heterocycles. The van der Waals surface area contributed by atoms with Gasteiger partial charge in [-0.15, -0.1) is 0 Å². The van der Waals surface area contributed by atoms with E-state index in [4.69, 9.17) is 0 Å². The van der Waals surface area contributed by atoms with Gasteiger partial charge >= 0.3 is 0 Å². The molecule has 1 N–H and O–H groups in total. The second-order valence-electron chi connectivity index (χ2n) is 3.93. The van der Waals surface area contributed by atoms with Gasteiger partial charge in [0.05, 0.1) is 0 Å². The summed E-state index contributed by atoms with van der Waals surface area (Å²) < 4.78 is 0. The molecular weight excluding hydrogens is 198 g/mol. The fourth-order valence-electron chi connectivity index (χ4n) is 1.28. The number of hydrogen-bond donors (Lipinski definition) is 1. The summed E-state index contributed by atoms with van der Waals surface area (Å²) in [7, 11) is 0. The fraction of sp³-hybridized carbons (Fsp3) is 0.643. The van der Waals surface area contributed by atoms with Crippen LogP contribution in [0.4, 0.5) is 0 Å². The summed E-state index contributed by atoms with van der Waals surface area (Å²) in [5.74, 6) is 0.00616. The number of hydrogen-bond acceptors (Lipinski definition) is 1. The van der Waals surface area contributed by atoms with Crippen molar-refractivity contribution < 1.29 is 4.79 Å². The molecule has 0 unspecified atom stereocenters. The second kappa shape index (κ2) is 12.0. The van der Waals surface area contributed by atoms with Crippen molar-refractivity contribution in [3.05, 3.63) is 24.3 Å². The first-order valence-corrected chi connectivity index (χ1v) is 6.42. The molecule has 0 spiro atoms. The predicted molar refractivity (Wildman–Crippen MR) is 70.3 cm³/mol. The van der Waals surface area contributed by atoms with E-state index in [-0.39, 0.29) is 5.91 Å². The van der Waals surface area contributed by atoms with Gasteiger partial charge in [-0.3, -0.25) is 4.79 Å². The average molecular weight is 223 g/mol. The summed E-state index contributed by atoms with van der Waals surface area (Å²) >= 11 is 0. The first-order chi connectivity index (χ1) is 7.81. The van der Waals surface area contributed by atoms with Crippen LogP contribution in [0.3, 0.4) is 0 Å². The van der Waals surface area contributed by atoms with Crippen LogP contribution < -0.4 is 5.32 Å². The van der Waals surface area contributed by atoms with Crippen LogP contribution in [-0.2, 0) is 4.79 Å². The van der Waals surface area contributed by atoms with Gasteiger partial charge < -0.3 is 5.32 Å². The van der Waals surface area contributed by atoms with Crippen molar-refractivity contribution in [3.63, 3.8) is 0 Å². The van der Waals surface area contributed by atoms with E-state index in [2.05, 4.69) is 25.2 Å². The van der Waals surface area contributed by atoms with Gasteiger partial charge in [0, 0.05) is 12.6 Å². The summed E-state index contributed by atoms with van der Waals surface area (Å²) in [6, 6.07) is 0. The molecule has 0 aromatic carbocycles. The number of rotatable bonds is 9. The number of nitrogens with one attached hydrogen (secondary N) is 1. The highest BCUT2D eigenvalue weighted by Gasteiger charge is 1.90. The van der Waals surface area contributed by atoms with Gasteiger partial charge in [-0.2, -0.15) is 0 Å². The SMILES string of the molecule is CCCCCC=C/C=C\C(=O)NCCCC. The van der Waals surface area contributed by atoms with E-state index in [1.165, 1.54) is 19.3 Å². The minimum Gasteiger partial charge on any atom is -0.353 e. The largest absolute Gasteiger partial charge is 0.353 e. The van der Waals surface area contributed by atoms with Crippen LogP contribution >= 0.6 is 0 Å². The van der Waals surface area contributed by atoms with Crippen molar-refractivity contribution in [2.45, 2.75) is 52.4 Å². The quantitative estimate of drug-likeness (QED) is 0.361. The molecule has 1 amide bonds. The number of carbonyl (C=O) groups excluding carboxylic acids is 1. The molecule has 0 aliphatic carbocycles. The Morgan fingerprint density at radius 2 is 1.81 bits per heavy atom. The van der Waals surface area contributed by atoms with Crippen molar-refractivity contribution in [1.82, 2.24) is 5.32 Å². The number of unbranched alkanes of at least 4 members (excludes halogenated alkanes) is 4. The molecule has 0 aliphatic heterocycles. The van der Waals surface area contributed by atoms with Crippen LogP contribution in [0.2, 0.25) is 0 Å². The van der Waals surface area contributed by atoms with Crippen molar-refractivity contribution >= 4 is 5.91 Å². The van der Waals surface area contributed by atoms with Gasteiger partial charge in [0.2, 0.25) is 5.91 Å². The highest BCUT2D eigenvalue weighted by atomic mass is 16.1. The van der Waals surface area contributed by atoms with E-state index in [0.717, 1.165) is 25.8 Å². The molecule has 0 atom stereocenters. The number of amides is 1. The summed E-state index contributed by atoms with van der Waals surface area (Å²) in [4.78, 5) is 11.2. The van der Waals surface area contributed by atoms with E-state index in [9.17, 15) is 4.79 Å². The van der Waals surface area contributed by atoms with Crippen LogP contribution in [0.25, 0.3) is 0 Å². The first kappa shape index (κ1) is 14.9. The van der Waals surface area contributed by atoms with Crippen molar-refractivity contribution in [2.24, 2.45) is 0 Å². The van der Waals surface area contributed by atoms with Gasteiger partial charge in [0.15, 0.2) is 0 Å². The van der Waals surface area contributed by atoms with E-state index in [0.29, 0.717) is 0 Å². The molecule has 0 bridgehead atoms. The Morgan fingerprint density at radius 1 is 1.06 bits per heavy atom. The molecule has 0 saturated carbocycles. The lowest BCUT2D eigenvalue weighted by Crippen LogP contribution is -2.21. The first-order valence-electron chi connectivity index (χ1n) is 6.42. The number of carbonyl (C=O) groups is 1. The Bertz CT molecular complexity index is 219. The topological polar surface area (TPSA) is 29.1 Å². The molecule has 0 radical (unpaired) electrons. The lowest BCUT2D eigenvalue weighted by Gasteiger charge is -1.98. The summed E-state index contributed by atoms with van der Waals surface area (Å²) in [6.45, 7) is 5.09. The molecule has 0 aliphatic rings. The maximum atomic E-state index is 11.2. The summed E-state index contributed by atoms with van der Waals surface area (Å²) in [5.41, 5.74) is 0. The molecule has 2 heteroatoms. The Hall–Kier alpha value is -1.05.